The predicted molar refractivity (Wildman–Crippen MR) is 73.7 cm³/mol. The Balaban J connectivity index is 1.77. The van der Waals surface area contributed by atoms with Crippen LogP contribution in [0.1, 0.15) is 6.92 Å². The van der Waals surface area contributed by atoms with Gasteiger partial charge in [-0.2, -0.15) is 0 Å². The maximum absolute atomic E-state index is 13.2. The quantitative estimate of drug-likeness (QED) is 0.885. The lowest BCUT2D eigenvalue weighted by molar-refractivity contribution is -0.119. The van der Waals surface area contributed by atoms with E-state index in [1.54, 1.807) is 12.1 Å². The molecule has 1 saturated heterocycles. The molecule has 1 heterocycles. The maximum Gasteiger partial charge on any atom is 0.216 e. The standard InChI is InChI=1S/C14H20FN3O/c1-12(19)16-5-6-17-7-9-18(10-8-17)14-4-2-3-13(15)11-14/h2-4,11H,5-10H2,1H3,(H,16,19). The molecular formula is C14H20FN3O. The topological polar surface area (TPSA) is 35.6 Å². The van der Waals surface area contributed by atoms with Crippen molar-refractivity contribution in [2.24, 2.45) is 0 Å². The lowest BCUT2D eigenvalue weighted by Gasteiger charge is -2.36. The van der Waals surface area contributed by atoms with E-state index in [0.29, 0.717) is 6.54 Å². The van der Waals surface area contributed by atoms with E-state index in [1.807, 2.05) is 6.07 Å². The fourth-order valence-corrected chi connectivity index (χ4v) is 2.29. The number of nitrogens with one attached hydrogen (secondary N) is 1. The van der Waals surface area contributed by atoms with E-state index < -0.39 is 0 Å². The second-order valence-electron chi connectivity index (χ2n) is 4.79. The van der Waals surface area contributed by atoms with Gasteiger partial charge < -0.3 is 10.2 Å². The maximum atomic E-state index is 13.2. The van der Waals surface area contributed by atoms with E-state index >= 15 is 0 Å². The number of benzene rings is 1. The van der Waals surface area contributed by atoms with E-state index in [2.05, 4.69) is 15.1 Å². The predicted octanol–water partition coefficient (Wildman–Crippen LogP) is 1.08. The highest BCUT2D eigenvalue weighted by Gasteiger charge is 2.16. The summed E-state index contributed by atoms with van der Waals surface area (Å²) in [5, 5.41) is 2.80. The zero-order valence-electron chi connectivity index (χ0n) is 11.2. The molecule has 0 aromatic heterocycles. The van der Waals surface area contributed by atoms with Crippen molar-refractivity contribution in [3.05, 3.63) is 30.1 Å². The summed E-state index contributed by atoms with van der Waals surface area (Å²) in [5.74, 6) is -0.177. The minimum atomic E-state index is -0.189. The van der Waals surface area contributed by atoms with E-state index in [1.165, 1.54) is 13.0 Å². The van der Waals surface area contributed by atoms with Crippen LogP contribution in [0.3, 0.4) is 0 Å². The highest BCUT2D eigenvalue weighted by molar-refractivity contribution is 5.72. The van der Waals surface area contributed by atoms with Crippen LogP contribution in [0, 0.1) is 5.82 Å². The Morgan fingerprint density at radius 3 is 2.68 bits per heavy atom. The molecule has 104 valence electrons. The number of anilines is 1. The lowest BCUT2D eigenvalue weighted by atomic mass is 10.2. The highest BCUT2D eigenvalue weighted by atomic mass is 19.1. The third-order valence-electron chi connectivity index (χ3n) is 3.35. The van der Waals surface area contributed by atoms with Crippen molar-refractivity contribution >= 4 is 11.6 Å². The fraction of sp³-hybridized carbons (Fsp3) is 0.500. The second kappa shape index (κ2) is 6.52. The second-order valence-corrected chi connectivity index (χ2v) is 4.79. The first-order valence-electron chi connectivity index (χ1n) is 6.62. The van der Waals surface area contributed by atoms with Gasteiger partial charge in [-0.15, -0.1) is 0 Å². The van der Waals surface area contributed by atoms with Crippen molar-refractivity contribution < 1.29 is 9.18 Å². The van der Waals surface area contributed by atoms with Gasteiger partial charge in [-0.3, -0.25) is 9.69 Å². The van der Waals surface area contributed by atoms with Crippen molar-refractivity contribution in [3.8, 4) is 0 Å². The number of carbonyl (C=O) groups is 1. The van der Waals surface area contributed by atoms with Gasteiger partial charge in [0, 0.05) is 51.9 Å². The summed E-state index contributed by atoms with van der Waals surface area (Å²) in [7, 11) is 0. The third kappa shape index (κ3) is 4.21. The normalized spacial score (nSPS) is 16.4. The molecule has 1 aromatic carbocycles. The molecule has 19 heavy (non-hydrogen) atoms. The molecule has 0 bridgehead atoms. The summed E-state index contributed by atoms with van der Waals surface area (Å²) in [6, 6.07) is 6.73. The summed E-state index contributed by atoms with van der Waals surface area (Å²) in [4.78, 5) is 15.3. The number of halogens is 1. The van der Waals surface area contributed by atoms with Gasteiger partial charge in [0.15, 0.2) is 0 Å². The first-order valence-corrected chi connectivity index (χ1v) is 6.62. The third-order valence-corrected chi connectivity index (χ3v) is 3.35. The number of carbonyl (C=O) groups excluding carboxylic acids is 1. The molecule has 1 fully saturated rings. The van der Waals surface area contributed by atoms with Crippen LogP contribution in [0.4, 0.5) is 10.1 Å². The van der Waals surface area contributed by atoms with Crippen LogP contribution in [0.15, 0.2) is 24.3 Å². The van der Waals surface area contributed by atoms with E-state index in [0.717, 1.165) is 38.4 Å². The molecule has 1 aliphatic heterocycles. The smallest absolute Gasteiger partial charge is 0.216 e. The molecule has 1 amide bonds. The summed E-state index contributed by atoms with van der Waals surface area (Å²) in [6.07, 6.45) is 0. The van der Waals surface area contributed by atoms with Crippen molar-refractivity contribution in [2.45, 2.75) is 6.92 Å². The highest BCUT2D eigenvalue weighted by Crippen LogP contribution is 2.17. The van der Waals surface area contributed by atoms with Crippen molar-refractivity contribution in [2.75, 3.05) is 44.2 Å². The molecule has 2 rings (SSSR count). The molecule has 0 atom stereocenters. The van der Waals surface area contributed by atoms with Crippen molar-refractivity contribution in [3.63, 3.8) is 0 Å². The van der Waals surface area contributed by atoms with Gasteiger partial charge in [0.25, 0.3) is 0 Å². The van der Waals surface area contributed by atoms with Gasteiger partial charge in [0.05, 0.1) is 0 Å². The van der Waals surface area contributed by atoms with Crippen LogP contribution in [0.2, 0.25) is 0 Å². The Morgan fingerprint density at radius 1 is 1.32 bits per heavy atom. The SMILES string of the molecule is CC(=O)NCCN1CCN(c2cccc(F)c2)CC1. The van der Waals surface area contributed by atoms with Gasteiger partial charge in [0.1, 0.15) is 5.82 Å². The molecule has 0 radical (unpaired) electrons. The van der Waals surface area contributed by atoms with Crippen molar-refractivity contribution in [1.29, 1.82) is 0 Å². The summed E-state index contributed by atoms with van der Waals surface area (Å²) in [5.41, 5.74) is 0.946. The minimum absolute atomic E-state index is 0.0124. The Bertz CT molecular complexity index is 430. The first kappa shape index (κ1) is 13.8. The number of piperazine rings is 1. The molecule has 4 nitrogen and oxygen atoms in total. The molecule has 1 aromatic rings. The van der Waals surface area contributed by atoms with E-state index in [9.17, 15) is 9.18 Å². The van der Waals surface area contributed by atoms with E-state index in [-0.39, 0.29) is 11.7 Å². The summed E-state index contributed by atoms with van der Waals surface area (Å²) >= 11 is 0. The van der Waals surface area contributed by atoms with Crippen LogP contribution in [0.25, 0.3) is 0 Å². The molecule has 0 aliphatic carbocycles. The average Bonchev–Trinajstić information content (AvgIpc) is 2.39. The number of rotatable bonds is 4. The number of nitrogens with zero attached hydrogens (tertiary/aromatic N) is 2. The van der Waals surface area contributed by atoms with Crippen LogP contribution < -0.4 is 10.2 Å². The summed E-state index contributed by atoms with van der Waals surface area (Å²) in [6.45, 7) is 6.76. The van der Waals surface area contributed by atoms with Crippen LogP contribution >= 0.6 is 0 Å². The van der Waals surface area contributed by atoms with Gasteiger partial charge in [-0.1, -0.05) is 6.07 Å². The number of amides is 1. The minimum Gasteiger partial charge on any atom is -0.369 e. The van der Waals surface area contributed by atoms with E-state index in [4.69, 9.17) is 0 Å². The molecule has 0 spiro atoms. The Labute approximate surface area is 113 Å². The summed E-state index contributed by atoms with van der Waals surface area (Å²) < 4.78 is 13.2. The number of hydrogen-bond acceptors (Lipinski definition) is 3. The van der Waals surface area contributed by atoms with Crippen LogP contribution in [0.5, 0.6) is 0 Å². The fourth-order valence-electron chi connectivity index (χ4n) is 2.29. The molecule has 1 aliphatic rings. The lowest BCUT2D eigenvalue weighted by Crippen LogP contribution is -2.48. The van der Waals surface area contributed by atoms with Gasteiger partial charge in [0.2, 0.25) is 5.91 Å². The van der Waals surface area contributed by atoms with Gasteiger partial charge >= 0.3 is 0 Å². The molecule has 5 heteroatoms. The monoisotopic (exact) mass is 265 g/mol. The number of hydrogen-bond donors (Lipinski definition) is 1. The molecule has 0 saturated carbocycles. The molecule has 1 N–H and O–H groups in total. The van der Waals surface area contributed by atoms with Gasteiger partial charge in [-0.25, -0.2) is 4.39 Å². The van der Waals surface area contributed by atoms with Crippen molar-refractivity contribution in [1.82, 2.24) is 10.2 Å². The Hall–Kier alpha value is -1.62. The van der Waals surface area contributed by atoms with Gasteiger partial charge in [-0.05, 0) is 18.2 Å². The zero-order valence-corrected chi connectivity index (χ0v) is 11.2. The molecular weight excluding hydrogens is 245 g/mol. The Morgan fingerprint density at radius 2 is 2.05 bits per heavy atom. The molecule has 0 unspecified atom stereocenters. The largest absolute Gasteiger partial charge is 0.369 e. The van der Waals surface area contributed by atoms with Crippen LogP contribution in [-0.4, -0.2) is 50.1 Å². The first-order chi connectivity index (χ1) is 9.15. The Kier molecular flexibility index (Phi) is 4.74. The zero-order chi connectivity index (χ0) is 13.7. The average molecular weight is 265 g/mol. The van der Waals surface area contributed by atoms with Crippen LogP contribution in [-0.2, 0) is 4.79 Å².